The van der Waals surface area contributed by atoms with Gasteiger partial charge in [0.15, 0.2) is 5.82 Å². The fourth-order valence-electron chi connectivity index (χ4n) is 3.02. The molecule has 0 aliphatic heterocycles. The average molecular weight is 271 g/mol. The molecule has 0 radical (unpaired) electrons. The molecular formula is C15H21N5. The highest BCUT2D eigenvalue weighted by Gasteiger charge is 2.25. The summed E-state index contributed by atoms with van der Waals surface area (Å²) in [6, 6.07) is 8.85. The molecular weight excluding hydrogens is 250 g/mol. The minimum atomic E-state index is 0.495. The number of nitrogens with zero attached hydrogens (tertiary/aromatic N) is 3. The molecule has 1 aliphatic carbocycles. The first-order valence-electron chi connectivity index (χ1n) is 7.19. The third kappa shape index (κ3) is 2.54. The Labute approximate surface area is 119 Å². The van der Waals surface area contributed by atoms with Crippen molar-refractivity contribution in [2.45, 2.75) is 25.3 Å². The molecule has 0 amide bonds. The molecule has 0 bridgehead atoms. The lowest BCUT2D eigenvalue weighted by Gasteiger charge is -2.21. The van der Waals surface area contributed by atoms with E-state index >= 15 is 0 Å². The fourth-order valence-corrected chi connectivity index (χ4v) is 3.02. The van der Waals surface area contributed by atoms with Crippen molar-refractivity contribution < 1.29 is 0 Å². The van der Waals surface area contributed by atoms with Crippen molar-refractivity contribution in [3.05, 3.63) is 30.6 Å². The first-order chi connectivity index (χ1) is 9.78. The molecule has 2 atom stereocenters. The van der Waals surface area contributed by atoms with Crippen LogP contribution in [0.3, 0.4) is 0 Å². The van der Waals surface area contributed by atoms with E-state index in [1.807, 2.05) is 11.6 Å². The smallest absolute Gasteiger partial charge is 0.163 e. The van der Waals surface area contributed by atoms with E-state index in [0.29, 0.717) is 12.0 Å². The molecule has 1 aromatic carbocycles. The topological polar surface area (TPSA) is 68.8 Å². The SMILES string of the molecule is Cn1cnnc1-c1cccc(NC2CCCC2CN)c1. The van der Waals surface area contributed by atoms with E-state index in [0.717, 1.165) is 23.6 Å². The Morgan fingerprint density at radius 2 is 2.30 bits per heavy atom. The van der Waals surface area contributed by atoms with Gasteiger partial charge in [-0.2, -0.15) is 0 Å². The summed E-state index contributed by atoms with van der Waals surface area (Å²) in [5.74, 6) is 1.48. The quantitative estimate of drug-likeness (QED) is 0.892. The van der Waals surface area contributed by atoms with Crippen LogP contribution in [0.4, 0.5) is 5.69 Å². The number of nitrogens with one attached hydrogen (secondary N) is 1. The standard InChI is InChI=1S/C15H21N5/c1-20-10-17-19-15(20)11-4-2-6-13(8-11)18-14-7-3-5-12(14)9-16/h2,4,6,8,10,12,14,18H,3,5,7,9,16H2,1H3. The predicted molar refractivity (Wildman–Crippen MR) is 80.2 cm³/mol. The number of nitrogens with two attached hydrogens (primary N) is 1. The van der Waals surface area contributed by atoms with E-state index in [1.165, 1.54) is 19.3 Å². The van der Waals surface area contributed by atoms with Crippen molar-refractivity contribution in [1.82, 2.24) is 14.8 Å². The van der Waals surface area contributed by atoms with Crippen LogP contribution >= 0.6 is 0 Å². The van der Waals surface area contributed by atoms with Crippen molar-refractivity contribution in [3.8, 4) is 11.4 Å². The van der Waals surface area contributed by atoms with E-state index in [4.69, 9.17) is 5.73 Å². The van der Waals surface area contributed by atoms with Gasteiger partial charge in [-0.25, -0.2) is 0 Å². The summed E-state index contributed by atoms with van der Waals surface area (Å²) in [6.45, 7) is 0.765. The molecule has 106 valence electrons. The maximum Gasteiger partial charge on any atom is 0.163 e. The molecule has 1 fully saturated rings. The lowest BCUT2D eigenvalue weighted by molar-refractivity contribution is 0.516. The summed E-state index contributed by atoms with van der Waals surface area (Å²) in [6.07, 6.45) is 5.42. The molecule has 3 N–H and O–H groups in total. The Bertz CT molecular complexity index is 577. The van der Waals surface area contributed by atoms with Crippen LogP contribution in [0, 0.1) is 5.92 Å². The molecule has 0 saturated heterocycles. The molecule has 1 heterocycles. The number of aryl methyl sites for hydroxylation is 1. The Hall–Kier alpha value is -1.88. The third-order valence-corrected chi connectivity index (χ3v) is 4.15. The molecule has 3 rings (SSSR count). The summed E-state index contributed by atoms with van der Waals surface area (Å²) >= 11 is 0. The fraction of sp³-hybridized carbons (Fsp3) is 0.467. The van der Waals surface area contributed by atoms with Gasteiger partial charge in [0.05, 0.1) is 0 Å². The zero-order chi connectivity index (χ0) is 13.9. The largest absolute Gasteiger partial charge is 0.382 e. The maximum atomic E-state index is 5.84. The normalized spacial score (nSPS) is 22.1. The van der Waals surface area contributed by atoms with Crippen LogP contribution in [-0.4, -0.2) is 27.4 Å². The summed E-state index contributed by atoms with van der Waals surface area (Å²) in [5, 5.41) is 11.7. The van der Waals surface area contributed by atoms with Crippen molar-refractivity contribution in [3.63, 3.8) is 0 Å². The lowest BCUT2D eigenvalue weighted by atomic mass is 10.0. The Kier molecular flexibility index (Phi) is 3.69. The zero-order valence-electron chi connectivity index (χ0n) is 11.8. The second kappa shape index (κ2) is 5.63. The number of hydrogen-bond donors (Lipinski definition) is 2. The van der Waals surface area contributed by atoms with E-state index in [9.17, 15) is 0 Å². The first kappa shape index (κ1) is 13.1. The van der Waals surface area contributed by atoms with Crippen molar-refractivity contribution in [1.29, 1.82) is 0 Å². The second-order valence-electron chi connectivity index (χ2n) is 5.52. The van der Waals surface area contributed by atoms with Crippen LogP contribution in [0.25, 0.3) is 11.4 Å². The molecule has 5 nitrogen and oxygen atoms in total. The third-order valence-electron chi connectivity index (χ3n) is 4.15. The van der Waals surface area contributed by atoms with Crippen LogP contribution in [-0.2, 0) is 7.05 Å². The van der Waals surface area contributed by atoms with Crippen LogP contribution < -0.4 is 11.1 Å². The number of hydrogen-bond acceptors (Lipinski definition) is 4. The number of aromatic nitrogens is 3. The molecule has 2 unspecified atom stereocenters. The summed E-state index contributed by atoms with van der Waals surface area (Å²) < 4.78 is 1.93. The van der Waals surface area contributed by atoms with Crippen LogP contribution in [0.15, 0.2) is 30.6 Å². The van der Waals surface area contributed by atoms with Gasteiger partial charge in [-0.15, -0.1) is 10.2 Å². The van der Waals surface area contributed by atoms with Gasteiger partial charge in [0, 0.05) is 24.3 Å². The highest BCUT2D eigenvalue weighted by atomic mass is 15.2. The van der Waals surface area contributed by atoms with Gasteiger partial charge < -0.3 is 15.6 Å². The zero-order valence-corrected chi connectivity index (χ0v) is 11.8. The summed E-state index contributed by atoms with van der Waals surface area (Å²) in [4.78, 5) is 0. The predicted octanol–water partition coefficient (Wildman–Crippen LogP) is 2.02. The Morgan fingerprint density at radius 3 is 3.05 bits per heavy atom. The molecule has 1 saturated carbocycles. The summed E-state index contributed by atoms with van der Waals surface area (Å²) in [7, 11) is 1.96. The van der Waals surface area contributed by atoms with Gasteiger partial charge in [0.2, 0.25) is 0 Å². The number of benzene rings is 1. The van der Waals surface area contributed by atoms with Gasteiger partial charge >= 0.3 is 0 Å². The summed E-state index contributed by atoms with van der Waals surface area (Å²) in [5.41, 5.74) is 8.06. The van der Waals surface area contributed by atoms with Crippen molar-refractivity contribution in [2.75, 3.05) is 11.9 Å². The second-order valence-corrected chi connectivity index (χ2v) is 5.52. The molecule has 20 heavy (non-hydrogen) atoms. The average Bonchev–Trinajstić information content (AvgIpc) is 3.08. The molecule has 1 aromatic heterocycles. The van der Waals surface area contributed by atoms with Crippen LogP contribution in [0.1, 0.15) is 19.3 Å². The first-order valence-corrected chi connectivity index (χ1v) is 7.19. The molecule has 5 heteroatoms. The van der Waals surface area contributed by atoms with Gasteiger partial charge in [0.1, 0.15) is 6.33 Å². The lowest BCUT2D eigenvalue weighted by Crippen LogP contribution is -2.29. The highest BCUT2D eigenvalue weighted by Crippen LogP contribution is 2.29. The Balaban J connectivity index is 1.80. The van der Waals surface area contributed by atoms with E-state index in [2.05, 4.69) is 39.8 Å². The van der Waals surface area contributed by atoms with Crippen LogP contribution in [0.2, 0.25) is 0 Å². The van der Waals surface area contributed by atoms with E-state index in [1.54, 1.807) is 6.33 Å². The monoisotopic (exact) mass is 271 g/mol. The Morgan fingerprint density at radius 1 is 1.40 bits per heavy atom. The number of anilines is 1. The minimum Gasteiger partial charge on any atom is -0.382 e. The van der Waals surface area contributed by atoms with Gasteiger partial charge in [-0.05, 0) is 37.4 Å². The minimum absolute atomic E-state index is 0.495. The van der Waals surface area contributed by atoms with Gasteiger partial charge in [-0.1, -0.05) is 18.6 Å². The van der Waals surface area contributed by atoms with Crippen molar-refractivity contribution >= 4 is 5.69 Å². The van der Waals surface area contributed by atoms with Gasteiger partial charge in [0.25, 0.3) is 0 Å². The maximum absolute atomic E-state index is 5.84. The molecule has 2 aromatic rings. The molecule has 0 spiro atoms. The van der Waals surface area contributed by atoms with Crippen molar-refractivity contribution in [2.24, 2.45) is 18.7 Å². The van der Waals surface area contributed by atoms with Gasteiger partial charge in [-0.3, -0.25) is 0 Å². The number of rotatable bonds is 4. The van der Waals surface area contributed by atoms with Crippen LogP contribution in [0.5, 0.6) is 0 Å². The highest BCUT2D eigenvalue weighted by molar-refractivity contribution is 5.62. The van der Waals surface area contributed by atoms with E-state index in [-0.39, 0.29) is 0 Å². The van der Waals surface area contributed by atoms with E-state index < -0.39 is 0 Å². The molecule has 1 aliphatic rings.